The van der Waals surface area contributed by atoms with Crippen molar-refractivity contribution in [1.82, 2.24) is 0 Å². The third-order valence-electron chi connectivity index (χ3n) is 3.08. The molecule has 1 aliphatic heterocycles. The Morgan fingerprint density at radius 1 is 1.56 bits per heavy atom. The van der Waals surface area contributed by atoms with E-state index in [9.17, 15) is 4.79 Å². The highest BCUT2D eigenvalue weighted by Gasteiger charge is 2.25. The smallest absolute Gasteiger partial charge is 0.224 e. The lowest BCUT2D eigenvalue weighted by atomic mass is 9.95. The Morgan fingerprint density at radius 3 is 2.94 bits per heavy atom. The van der Waals surface area contributed by atoms with Crippen LogP contribution in [0.1, 0.15) is 31.4 Å². The van der Waals surface area contributed by atoms with E-state index in [2.05, 4.69) is 13.0 Å². The Labute approximate surface area is 95.3 Å². The van der Waals surface area contributed by atoms with Crippen molar-refractivity contribution in [2.24, 2.45) is 0 Å². The summed E-state index contributed by atoms with van der Waals surface area (Å²) in [6.45, 7) is 3.65. The standard InChI is InChI=1S/C13H14N2O/c1-9-3-5-12-7-11(8-14)4-6-13(12)15(9)10(2)16/h4,6-7,9H,3,5H2,1-2H3. The molecule has 0 N–H and O–H groups in total. The molecule has 3 nitrogen and oxygen atoms in total. The van der Waals surface area contributed by atoms with E-state index in [0.717, 1.165) is 24.1 Å². The minimum Gasteiger partial charge on any atom is -0.310 e. The molecule has 1 amide bonds. The number of anilines is 1. The van der Waals surface area contributed by atoms with E-state index < -0.39 is 0 Å². The second-order valence-corrected chi connectivity index (χ2v) is 4.23. The van der Waals surface area contributed by atoms with Crippen molar-refractivity contribution in [3.63, 3.8) is 0 Å². The molecule has 0 bridgehead atoms. The fourth-order valence-electron chi connectivity index (χ4n) is 2.30. The fraction of sp³-hybridized carbons (Fsp3) is 0.385. The van der Waals surface area contributed by atoms with Gasteiger partial charge in [0.1, 0.15) is 0 Å². The number of aryl methyl sites for hydroxylation is 1. The van der Waals surface area contributed by atoms with Crippen LogP contribution >= 0.6 is 0 Å². The average molecular weight is 214 g/mol. The van der Waals surface area contributed by atoms with Crippen molar-refractivity contribution < 1.29 is 4.79 Å². The first kappa shape index (κ1) is 10.7. The summed E-state index contributed by atoms with van der Waals surface area (Å²) in [6, 6.07) is 7.91. The highest BCUT2D eigenvalue weighted by Crippen LogP contribution is 2.31. The Kier molecular flexibility index (Phi) is 2.66. The van der Waals surface area contributed by atoms with Crippen LogP contribution in [0.5, 0.6) is 0 Å². The Morgan fingerprint density at radius 2 is 2.31 bits per heavy atom. The topological polar surface area (TPSA) is 44.1 Å². The lowest BCUT2D eigenvalue weighted by Gasteiger charge is -2.34. The number of hydrogen-bond acceptors (Lipinski definition) is 2. The van der Waals surface area contributed by atoms with Gasteiger partial charge in [-0.15, -0.1) is 0 Å². The molecule has 1 aromatic carbocycles. The second-order valence-electron chi connectivity index (χ2n) is 4.23. The van der Waals surface area contributed by atoms with Gasteiger partial charge in [-0.05, 0) is 43.5 Å². The molecule has 0 saturated carbocycles. The van der Waals surface area contributed by atoms with Crippen molar-refractivity contribution >= 4 is 11.6 Å². The minimum absolute atomic E-state index is 0.0677. The Bertz CT molecular complexity index is 473. The SMILES string of the molecule is CC(=O)N1c2ccc(C#N)cc2CCC1C. The molecule has 1 unspecified atom stereocenters. The number of amides is 1. The van der Waals surface area contributed by atoms with Gasteiger partial charge < -0.3 is 4.90 Å². The van der Waals surface area contributed by atoms with Crippen molar-refractivity contribution in [3.8, 4) is 6.07 Å². The van der Waals surface area contributed by atoms with Crippen LogP contribution in [0.4, 0.5) is 5.69 Å². The first-order valence-corrected chi connectivity index (χ1v) is 5.46. The van der Waals surface area contributed by atoms with Crippen LogP contribution in [0.2, 0.25) is 0 Å². The summed E-state index contributed by atoms with van der Waals surface area (Å²) in [7, 11) is 0. The van der Waals surface area contributed by atoms with Gasteiger partial charge in [-0.2, -0.15) is 5.26 Å². The fourth-order valence-corrected chi connectivity index (χ4v) is 2.30. The van der Waals surface area contributed by atoms with Gasteiger partial charge in [-0.1, -0.05) is 0 Å². The monoisotopic (exact) mass is 214 g/mol. The largest absolute Gasteiger partial charge is 0.310 e. The van der Waals surface area contributed by atoms with Crippen LogP contribution in [0, 0.1) is 11.3 Å². The zero-order valence-electron chi connectivity index (χ0n) is 9.53. The maximum atomic E-state index is 11.6. The maximum Gasteiger partial charge on any atom is 0.224 e. The van der Waals surface area contributed by atoms with Crippen LogP contribution in [0.15, 0.2) is 18.2 Å². The summed E-state index contributed by atoms with van der Waals surface area (Å²) >= 11 is 0. The summed E-state index contributed by atoms with van der Waals surface area (Å²) in [5.74, 6) is 0.0677. The highest BCUT2D eigenvalue weighted by atomic mass is 16.2. The van der Waals surface area contributed by atoms with Crippen LogP contribution in [-0.2, 0) is 11.2 Å². The van der Waals surface area contributed by atoms with Gasteiger partial charge in [0.25, 0.3) is 0 Å². The van der Waals surface area contributed by atoms with Gasteiger partial charge in [0.2, 0.25) is 5.91 Å². The van der Waals surface area contributed by atoms with Crippen LogP contribution in [-0.4, -0.2) is 11.9 Å². The van der Waals surface area contributed by atoms with E-state index in [-0.39, 0.29) is 11.9 Å². The predicted molar refractivity (Wildman–Crippen MR) is 62.1 cm³/mol. The molecule has 16 heavy (non-hydrogen) atoms. The summed E-state index contributed by atoms with van der Waals surface area (Å²) in [4.78, 5) is 13.4. The Balaban J connectivity index is 2.49. The van der Waals surface area contributed by atoms with Crippen LogP contribution < -0.4 is 4.90 Å². The van der Waals surface area contributed by atoms with Crippen molar-refractivity contribution in [1.29, 1.82) is 5.26 Å². The lowest BCUT2D eigenvalue weighted by Crippen LogP contribution is -2.40. The maximum absolute atomic E-state index is 11.6. The molecular weight excluding hydrogens is 200 g/mol. The third kappa shape index (κ3) is 1.67. The minimum atomic E-state index is 0.0677. The lowest BCUT2D eigenvalue weighted by molar-refractivity contribution is -0.117. The summed E-state index contributed by atoms with van der Waals surface area (Å²) < 4.78 is 0. The predicted octanol–water partition coefficient (Wildman–Crippen LogP) is 2.25. The first-order valence-electron chi connectivity index (χ1n) is 5.46. The summed E-state index contributed by atoms with van der Waals surface area (Å²) in [5, 5.41) is 8.84. The molecule has 0 spiro atoms. The van der Waals surface area contributed by atoms with Gasteiger partial charge in [0.15, 0.2) is 0 Å². The molecule has 0 aliphatic carbocycles. The molecule has 0 saturated heterocycles. The zero-order valence-corrected chi connectivity index (χ0v) is 9.53. The van der Waals surface area contributed by atoms with E-state index in [0.29, 0.717) is 5.56 Å². The van der Waals surface area contributed by atoms with Crippen molar-refractivity contribution in [2.75, 3.05) is 4.90 Å². The molecule has 1 atom stereocenters. The number of nitrogens with zero attached hydrogens (tertiary/aromatic N) is 2. The van der Waals surface area contributed by atoms with Gasteiger partial charge in [-0.25, -0.2) is 0 Å². The number of carbonyl (C=O) groups is 1. The van der Waals surface area contributed by atoms with Gasteiger partial charge in [0.05, 0.1) is 11.6 Å². The molecule has 82 valence electrons. The number of rotatable bonds is 0. The molecule has 0 aromatic heterocycles. The molecule has 0 fully saturated rings. The number of nitriles is 1. The molecule has 3 heteroatoms. The zero-order chi connectivity index (χ0) is 11.7. The number of hydrogen-bond donors (Lipinski definition) is 0. The van der Waals surface area contributed by atoms with E-state index in [1.807, 2.05) is 17.0 Å². The normalized spacial score (nSPS) is 18.8. The summed E-state index contributed by atoms with van der Waals surface area (Å²) in [6.07, 6.45) is 1.90. The van der Waals surface area contributed by atoms with E-state index in [4.69, 9.17) is 5.26 Å². The quantitative estimate of drug-likeness (QED) is 0.664. The van der Waals surface area contributed by atoms with E-state index in [1.54, 1.807) is 13.0 Å². The highest BCUT2D eigenvalue weighted by molar-refractivity contribution is 5.93. The average Bonchev–Trinajstić information content (AvgIpc) is 2.27. The molecule has 0 radical (unpaired) electrons. The van der Waals surface area contributed by atoms with Crippen LogP contribution in [0.25, 0.3) is 0 Å². The molecule has 1 aromatic rings. The summed E-state index contributed by atoms with van der Waals surface area (Å²) in [5.41, 5.74) is 2.73. The Hall–Kier alpha value is -1.82. The van der Waals surface area contributed by atoms with E-state index in [1.165, 1.54) is 0 Å². The second kappa shape index (κ2) is 3.97. The van der Waals surface area contributed by atoms with Gasteiger partial charge >= 0.3 is 0 Å². The van der Waals surface area contributed by atoms with E-state index >= 15 is 0 Å². The number of fused-ring (bicyclic) bond motifs is 1. The molecule has 2 rings (SSSR count). The van der Waals surface area contributed by atoms with Crippen LogP contribution in [0.3, 0.4) is 0 Å². The molecule has 1 heterocycles. The molecule has 1 aliphatic rings. The van der Waals surface area contributed by atoms with Gasteiger partial charge in [0, 0.05) is 18.7 Å². The van der Waals surface area contributed by atoms with Crippen molar-refractivity contribution in [2.45, 2.75) is 32.7 Å². The third-order valence-corrected chi connectivity index (χ3v) is 3.08. The first-order chi connectivity index (χ1) is 7.63. The number of carbonyl (C=O) groups excluding carboxylic acids is 1. The van der Waals surface area contributed by atoms with Crippen molar-refractivity contribution in [3.05, 3.63) is 29.3 Å². The number of benzene rings is 1. The van der Waals surface area contributed by atoms with Gasteiger partial charge in [-0.3, -0.25) is 4.79 Å². The molecular formula is C13H14N2O.